The summed E-state index contributed by atoms with van der Waals surface area (Å²) in [6.07, 6.45) is 2.36. The molecule has 1 fully saturated rings. The molecule has 126 valence electrons. The van der Waals surface area contributed by atoms with Crippen molar-refractivity contribution in [3.63, 3.8) is 0 Å². The number of hydrogen-bond acceptors (Lipinski definition) is 7. The van der Waals surface area contributed by atoms with Gasteiger partial charge in [0.2, 0.25) is 0 Å². The van der Waals surface area contributed by atoms with Crippen LogP contribution in [0.2, 0.25) is 0 Å². The Morgan fingerprint density at radius 1 is 1.29 bits per heavy atom. The molecule has 8 heteroatoms. The van der Waals surface area contributed by atoms with Crippen LogP contribution in [-0.4, -0.2) is 53.8 Å². The van der Waals surface area contributed by atoms with Crippen LogP contribution in [0.1, 0.15) is 16.2 Å². The molecule has 0 atom stereocenters. The number of pyridine rings is 1. The number of carbonyl (C=O) groups excluding carboxylic acids is 1. The van der Waals surface area contributed by atoms with Crippen molar-refractivity contribution in [1.29, 1.82) is 0 Å². The molecular weight excluding hydrogens is 310 g/mol. The van der Waals surface area contributed by atoms with Crippen LogP contribution in [0.5, 0.6) is 6.01 Å². The number of carbonyl (C=O) groups is 1. The quantitative estimate of drug-likeness (QED) is 0.819. The van der Waals surface area contributed by atoms with E-state index in [4.69, 9.17) is 15.2 Å². The summed E-state index contributed by atoms with van der Waals surface area (Å²) >= 11 is 0. The van der Waals surface area contributed by atoms with Crippen molar-refractivity contribution in [1.82, 2.24) is 15.0 Å². The summed E-state index contributed by atoms with van der Waals surface area (Å²) in [4.78, 5) is 26.2. The van der Waals surface area contributed by atoms with E-state index in [-0.39, 0.29) is 11.7 Å². The Balaban J connectivity index is 1.71. The van der Waals surface area contributed by atoms with Crippen molar-refractivity contribution in [2.75, 3.05) is 37.8 Å². The summed E-state index contributed by atoms with van der Waals surface area (Å²) in [5, 5.41) is 0. The molecule has 0 bridgehead atoms. The van der Waals surface area contributed by atoms with Crippen molar-refractivity contribution >= 4 is 11.7 Å². The van der Waals surface area contributed by atoms with Gasteiger partial charge >= 0.3 is 6.01 Å². The Bertz CT molecular complexity index is 689. The first-order valence-electron chi connectivity index (χ1n) is 7.76. The van der Waals surface area contributed by atoms with Gasteiger partial charge in [0.25, 0.3) is 5.91 Å². The van der Waals surface area contributed by atoms with E-state index in [1.54, 1.807) is 12.3 Å². The maximum atomic E-state index is 11.5. The number of nitrogens with zero attached hydrogens (tertiary/aromatic N) is 4. The molecule has 1 amide bonds. The van der Waals surface area contributed by atoms with Crippen LogP contribution in [0.15, 0.2) is 30.5 Å². The highest BCUT2D eigenvalue weighted by molar-refractivity contribution is 5.91. The smallest absolute Gasteiger partial charge is 0.319 e. The summed E-state index contributed by atoms with van der Waals surface area (Å²) in [5.41, 5.74) is 6.41. The highest BCUT2D eigenvalue weighted by atomic mass is 16.5. The van der Waals surface area contributed by atoms with Crippen LogP contribution < -0.4 is 15.4 Å². The van der Waals surface area contributed by atoms with E-state index in [9.17, 15) is 4.79 Å². The molecule has 0 unspecified atom stereocenters. The van der Waals surface area contributed by atoms with Gasteiger partial charge in [-0.2, -0.15) is 9.97 Å². The lowest BCUT2D eigenvalue weighted by molar-refractivity contribution is 0.0994. The number of rotatable bonds is 6. The maximum absolute atomic E-state index is 11.5. The van der Waals surface area contributed by atoms with Gasteiger partial charge in [-0.3, -0.25) is 9.78 Å². The van der Waals surface area contributed by atoms with Gasteiger partial charge in [-0.1, -0.05) is 6.07 Å². The van der Waals surface area contributed by atoms with E-state index in [1.165, 1.54) is 0 Å². The highest BCUT2D eigenvalue weighted by Crippen LogP contribution is 2.17. The normalized spacial score (nSPS) is 14.4. The molecule has 0 spiro atoms. The summed E-state index contributed by atoms with van der Waals surface area (Å²) < 4.78 is 10.9. The van der Waals surface area contributed by atoms with Gasteiger partial charge in [-0.15, -0.1) is 0 Å². The summed E-state index contributed by atoms with van der Waals surface area (Å²) in [7, 11) is 0. The monoisotopic (exact) mass is 329 g/mol. The molecule has 24 heavy (non-hydrogen) atoms. The first-order valence-corrected chi connectivity index (χ1v) is 7.76. The first-order chi connectivity index (χ1) is 11.7. The second-order valence-corrected chi connectivity index (χ2v) is 5.28. The maximum Gasteiger partial charge on any atom is 0.319 e. The standard InChI is InChI=1S/C16H19N5O3/c17-15(22)13-11-14(21-6-9-23-10-7-21)20-16(19-13)24-8-4-12-3-1-2-5-18-12/h1-3,5,11H,4,6-10H2,(H2,17,22). The third-order valence-corrected chi connectivity index (χ3v) is 3.60. The van der Waals surface area contributed by atoms with Crippen molar-refractivity contribution in [2.45, 2.75) is 6.42 Å². The zero-order valence-corrected chi connectivity index (χ0v) is 13.2. The fraction of sp³-hybridized carbons (Fsp3) is 0.375. The second-order valence-electron chi connectivity index (χ2n) is 5.28. The predicted octanol–water partition coefficient (Wildman–Crippen LogP) is 0.429. The SMILES string of the molecule is NC(=O)c1cc(N2CCOCC2)nc(OCCc2ccccn2)n1. The van der Waals surface area contributed by atoms with Crippen molar-refractivity contribution in [2.24, 2.45) is 5.73 Å². The van der Waals surface area contributed by atoms with E-state index >= 15 is 0 Å². The molecule has 2 aromatic heterocycles. The number of primary amides is 1. The Morgan fingerprint density at radius 3 is 2.83 bits per heavy atom. The third-order valence-electron chi connectivity index (χ3n) is 3.60. The summed E-state index contributed by atoms with van der Waals surface area (Å²) in [5.74, 6) is 0.0106. The zero-order chi connectivity index (χ0) is 16.8. The largest absolute Gasteiger partial charge is 0.463 e. The van der Waals surface area contributed by atoms with Crippen LogP contribution in [-0.2, 0) is 11.2 Å². The molecule has 2 aromatic rings. The van der Waals surface area contributed by atoms with Gasteiger partial charge in [-0.25, -0.2) is 0 Å². The van der Waals surface area contributed by atoms with Crippen LogP contribution in [0.3, 0.4) is 0 Å². The lowest BCUT2D eigenvalue weighted by Gasteiger charge is -2.28. The Labute approximate surface area is 139 Å². The minimum atomic E-state index is -0.610. The van der Waals surface area contributed by atoms with E-state index in [0.717, 1.165) is 5.69 Å². The van der Waals surface area contributed by atoms with E-state index in [1.807, 2.05) is 23.1 Å². The van der Waals surface area contributed by atoms with Gasteiger partial charge in [0.15, 0.2) is 0 Å². The van der Waals surface area contributed by atoms with Gasteiger partial charge in [0.05, 0.1) is 19.8 Å². The summed E-state index contributed by atoms with van der Waals surface area (Å²) in [6.45, 7) is 2.99. The highest BCUT2D eigenvalue weighted by Gasteiger charge is 2.17. The van der Waals surface area contributed by atoms with Crippen molar-refractivity contribution in [3.05, 3.63) is 41.9 Å². The van der Waals surface area contributed by atoms with Crippen molar-refractivity contribution < 1.29 is 14.3 Å². The number of hydrogen-bond donors (Lipinski definition) is 1. The molecule has 1 saturated heterocycles. The molecule has 0 aliphatic carbocycles. The Kier molecular flexibility index (Phi) is 5.17. The van der Waals surface area contributed by atoms with E-state index in [0.29, 0.717) is 45.1 Å². The molecule has 8 nitrogen and oxygen atoms in total. The Hall–Kier alpha value is -2.74. The Morgan fingerprint density at radius 2 is 2.12 bits per heavy atom. The topological polar surface area (TPSA) is 103 Å². The first kappa shape index (κ1) is 16.1. The minimum Gasteiger partial charge on any atom is -0.463 e. The number of anilines is 1. The van der Waals surface area contributed by atoms with Crippen LogP contribution >= 0.6 is 0 Å². The lowest BCUT2D eigenvalue weighted by Crippen LogP contribution is -2.37. The average Bonchev–Trinajstić information content (AvgIpc) is 2.63. The zero-order valence-electron chi connectivity index (χ0n) is 13.2. The number of morpholine rings is 1. The molecule has 0 radical (unpaired) electrons. The molecule has 1 aliphatic rings. The summed E-state index contributed by atoms with van der Waals surface area (Å²) in [6, 6.07) is 7.42. The average molecular weight is 329 g/mol. The molecule has 3 heterocycles. The number of ether oxygens (including phenoxy) is 2. The van der Waals surface area contributed by atoms with Crippen LogP contribution in [0.25, 0.3) is 0 Å². The third kappa shape index (κ3) is 4.17. The molecule has 0 aromatic carbocycles. The minimum absolute atomic E-state index is 0.138. The van der Waals surface area contributed by atoms with Gasteiger partial charge in [0, 0.05) is 37.5 Å². The van der Waals surface area contributed by atoms with Gasteiger partial charge < -0.3 is 20.1 Å². The predicted molar refractivity (Wildman–Crippen MR) is 87.0 cm³/mol. The van der Waals surface area contributed by atoms with Gasteiger partial charge in [-0.05, 0) is 12.1 Å². The molecule has 3 rings (SSSR count). The second kappa shape index (κ2) is 7.69. The van der Waals surface area contributed by atoms with Crippen LogP contribution in [0.4, 0.5) is 5.82 Å². The molecule has 2 N–H and O–H groups in total. The molecule has 0 saturated carbocycles. The van der Waals surface area contributed by atoms with E-state index in [2.05, 4.69) is 15.0 Å². The lowest BCUT2D eigenvalue weighted by atomic mass is 10.3. The van der Waals surface area contributed by atoms with Gasteiger partial charge in [0.1, 0.15) is 11.5 Å². The van der Waals surface area contributed by atoms with Crippen molar-refractivity contribution in [3.8, 4) is 6.01 Å². The van der Waals surface area contributed by atoms with E-state index < -0.39 is 5.91 Å². The number of aromatic nitrogens is 3. The number of nitrogens with two attached hydrogens (primary N) is 1. The van der Waals surface area contributed by atoms with Crippen LogP contribution in [0, 0.1) is 0 Å². The fourth-order valence-electron chi connectivity index (χ4n) is 2.35. The number of amides is 1. The molecular formula is C16H19N5O3. The fourth-order valence-corrected chi connectivity index (χ4v) is 2.35. The molecule has 1 aliphatic heterocycles.